The summed E-state index contributed by atoms with van der Waals surface area (Å²) in [6, 6.07) is 0. The standard InChI is InChI=1S/C47H76O16/c1-22-30(49)33(52)35(54)38(59-22)63-37-32(51)26(61-39-36(55)34(53)31(50)25(20-48)60-39)21-58-40(37)62-29-12-13-44(6)27(43(29,4)5)11-14-46(8)28(44)10-9-23-24-19-42(2,3)15-17-47(24,41(56)57)18-16-45(23,46)7/h9,22,24-40,48-55H,10-21H2,1-8H3,(H,56,57)/t22-,24-,25+,26-,27-,28+,29-,30-,31+,32-,33+,34-,35+,36+,37+,38-,39-,40-,44-,45+,46+,47-/m0/s1. The number of ether oxygens (including phenoxy) is 6. The van der Waals surface area contributed by atoms with Crippen molar-refractivity contribution in [3.63, 3.8) is 0 Å². The Kier molecular flexibility index (Phi) is 12.8. The molecule has 63 heavy (non-hydrogen) atoms. The topological polar surface area (TPSA) is 255 Å². The van der Waals surface area contributed by atoms with Crippen LogP contribution in [0.2, 0.25) is 0 Å². The molecule has 22 atom stereocenters. The predicted octanol–water partition coefficient (Wildman–Crippen LogP) is 2.37. The number of aliphatic hydroxyl groups is 8. The zero-order valence-corrected chi connectivity index (χ0v) is 38.3. The van der Waals surface area contributed by atoms with E-state index in [-0.39, 0.29) is 46.2 Å². The first-order valence-corrected chi connectivity index (χ1v) is 23.6. The molecule has 0 bridgehead atoms. The van der Waals surface area contributed by atoms with Gasteiger partial charge in [0, 0.05) is 0 Å². The summed E-state index contributed by atoms with van der Waals surface area (Å²) < 4.78 is 36.7. The molecule has 0 aromatic carbocycles. The number of aliphatic carboxylic acids is 1. The lowest BCUT2D eigenvalue weighted by atomic mass is 9.33. The third-order valence-electron chi connectivity index (χ3n) is 19.0. The molecule has 7 fully saturated rings. The van der Waals surface area contributed by atoms with E-state index in [1.807, 2.05) is 0 Å². The fourth-order valence-corrected chi connectivity index (χ4v) is 14.8. The second-order valence-electron chi connectivity index (χ2n) is 23.0. The molecule has 0 aromatic rings. The van der Waals surface area contributed by atoms with E-state index in [4.69, 9.17) is 28.4 Å². The van der Waals surface area contributed by atoms with Crippen molar-refractivity contribution in [3.8, 4) is 0 Å². The van der Waals surface area contributed by atoms with Crippen molar-refractivity contribution in [1.82, 2.24) is 0 Å². The molecule has 0 unspecified atom stereocenters. The van der Waals surface area contributed by atoms with Gasteiger partial charge in [0.15, 0.2) is 18.9 Å². The van der Waals surface area contributed by atoms with E-state index in [0.717, 1.165) is 51.4 Å². The number of aliphatic hydroxyl groups excluding tert-OH is 8. The van der Waals surface area contributed by atoms with E-state index in [0.29, 0.717) is 18.8 Å². The highest BCUT2D eigenvalue weighted by molar-refractivity contribution is 5.76. The van der Waals surface area contributed by atoms with Crippen LogP contribution in [0, 0.1) is 50.2 Å². The molecule has 16 nitrogen and oxygen atoms in total. The summed E-state index contributed by atoms with van der Waals surface area (Å²) in [6.45, 7) is 17.0. The molecule has 16 heteroatoms. The molecular weight excluding hydrogens is 821 g/mol. The highest BCUT2D eigenvalue weighted by atomic mass is 16.8. The minimum absolute atomic E-state index is 0.0289. The first kappa shape index (κ1) is 48.1. The summed E-state index contributed by atoms with van der Waals surface area (Å²) >= 11 is 0. The lowest BCUT2D eigenvalue weighted by Gasteiger charge is -2.71. The van der Waals surface area contributed by atoms with Crippen LogP contribution in [-0.2, 0) is 33.2 Å². The summed E-state index contributed by atoms with van der Waals surface area (Å²) in [5, 5.41) is 96.0. The van der Waals surface area contributed by atoms with E-state index in [9.17, 15) is 50.8 Å². The van der Waals surface area contributed by atoms with Gasteiger partial charge < -0.3 is 74.4 Å². The van der Waals surface area contributed by atoms with Crippen LogP contribution in [0.1, 0.15) is 120 Å². The Morgan fingerprint density at radius 1 is 0.714 bits per heavy atom. The molecule has 8 aliphatic rings. The predicted molar refractivity (Wildman–Crippen MR) is 223 cm³/mol. The third kappa shape index (κ3) is 7.51. The Bertz CT molecular complexity index is 1720. The normalized spacial score (nSPS) is 54.1. The van der Waals surface area contributed by atoms with Gasteiger partial charge in [-0.1, -0.05) is 60.1 Å². The molecule has 360 valence electrons. The molecule has 9 N–H and O–H groups in total. The van der Waals surface area contributed by atoms with Gasteiger partial charge in [0.2, 0.25) is 0 Å². The number of fused-ring (bicyclic) bond motifs is 7. The number of allylic oxidation sites excluding steroid dienone is 2. The molecule has 0 amide bonds. The van der Waals surface area contributed by atoms with Gasteiger partial charge in [0.1, 0.15) is 61.0 Å². The third-order valence-corrected chi connectivity index (χ3v) is 19.0. The molecule has 3 heterocycles. The Labute approximate surface area is 371 Å². The van der Waals surface area contributed by atoms with Crippen molar-refractivity contribution < 1.29 is 79.2 Å². The zero-order chi connectivity index (χ0) is 46.0. The highest BCUT2D eigenvalue weighted by Gasteiger charge is 2.70. The number of carboxylic acids is 1. The smallest absolute Gasteiger partial charge is 0.310 e. The summed E-state index contributed by atoms with van der Waals surface area (Å²) in [5.41, 5.74) is 0.113. The maximum atomic E-state index is 13.1. The van der Waals surface area contributed by atoms with Crippen LogP contribution < -0.4 is 0 Å². The van der Waals surface area contributed by atoms with Gasteiger partial charge in [0.25, 0.3) is 0 Å². The van der Waals surface area contributed by atoms with Crippen molar-refractivity contribution in [2.24, 2.45) is 50.2 Å². The second kappa shape index (κ2) is 16.7. The highest BCUT2D eigenvalue weighted by Crippen LogP contribution is 2.76. The van der Waals surface area contributed by atoms with Gasteiger partial charge in [-0.15, -0.1) is 0 Å². The van der Waals surface area contributed by atoms with Crippen molar-refractivity contribution in [2.45, 2.75) is 212 Å². The first-order valence-electron chi connectivity index (χ1n) is 23.6. The maximum Gasteiger partial charge on any atom is 0.310 e. The summed E-state index contributed by atoms with van der Waals surface area (Å²) in [4.78, 5) is 13.1. The molecule has 3 aliphatic heterocycles. The molecule has 0 radical (unpaired) electrons. The zero-order valence-electron chi connectivity index (χ0n) is 38.3. The minimum atomic E-state index is -1.75. The van der Waals surface area contributed by atoms with Crippen LogP contribution in [0.4, 0.5) is 0 Å². The molecule has 8 rings (SSSR count). The fraction of sp³-hybridized carbons (Fsp3) is 0.936. The van der Waals surface area contributed by atoms with Crippen molar-refractivity contribution in [1.29, 1.82) is 0 Å². The van der Waals surface area contributed by atoms with Crippen LogP contribution in [0.15, 0.2) is 11.6 Å². The van der Waals surface area contributed by atoms with Gasteiger partial charge >= 0.3 is 5.97 Å². The number of rotatable bonds is 8. The number of carboxylic acid groups (broad SMARTS) is 1. The lowest BCUT2D eigenvalue weighted by Crippen LogP contribution is -2.66. The molecule has 0 aromatic heterocycles. The van der Waals surface area contributed by atoms with Crippen molar-refractivity contribution >= 4 is 5.97 Å². The largest absolute Gasteiger partial charge is 0.481 e. The first-order chi connectivity index (χ1) is 29.4. The maximum absolute atomic E-state index is 13.1. The summed E-state index contributed by atoms with van der Waals surface area (Å²) in [5.74, 6) is -0.0288. The van der Waals surface area contributed by atoms with Crippen LogP contribution in [0.5, 0.6) is 0 Å². The minimum Gasteiger partial charge on any atom is -0.481 e. The summed E-state index contributed by atoms with van der Waals surface area (Å²) in [6.07, 6.45) is -10.1. The Morgan fingerprint density at radius 3 is 2.03 bits per heavy atom. The number of carbonyl (C=O) groups is 1. The van der Waals surface area contributed by atoms with Gasteiger partial charge in [-0.2, -0.15) is 0 Å². The van der Waals surface area contributed by atoms with Crippen LogP contribution in [0.25, 0.3) is 0 Å². The van der Waals surface area contributed by atoms with E-state index in [1.54, 1.807) is 0 Å². The van der Waals surface area contributed by atoms with E-state index < -0.39 is 109 Å². The average molecular weight is 897 g/mol. The second-order valence-corrected chi connectivity index (χ2v) is 23.0. The molecule has 3 saturated heterocycles. The number of hydrogen-bond donors (Lipinski definition) is 9. The lowest BCUT2D eigenvalue weighted by molar-refractivity contribution is -0.380. The Morgan fingerprint density at radius 2 is 1.37 bits per heavy atom. The van der Waals surface area contributed by atoms with E-state index >= 15 is 0 Å². The average Bonchev–Trinajstić information content (AvgIpc) is 3.22. The van der Waals surface area contributed by atoms with Crippen LogP contribution in [-0.4, -0.2) is 157 Å². The SMILES string of the molecule is C[C@@H]1O[C@@H](O[C@H]2[C@H](O[C@H]3CC[C@]4(C)[C@H]5CC=C6[C@@H]7CC(C)(C)CC[C@]7(C(=O)O)CC[C@@]6(C)[C@]5(C)CC[C@H]4C3(C)C)OC[C@H](O[C@@H]3O[C@H](CO)[C@@H](O)[C@H](O)[C@H]3O)[C@@H]2O)[C@H](O)[C@H](O)[C@H]1O. The number of hydrogen-bond acceptors (Lipinski definition) is 15. The van der Waals surface area contributed by atoms with E-state index in [1.165, 1.54) is 12.5 Å². The van der Waals surface area contributed by atoms with Gasteiger partial charge in [-0.25, -0.2) is 0 Å². The van der Waals surface area contributed by atoms with E-state index in [2.05, 4.69) is 54.5 Å². The Hall–Kier alpha value is -1.35. The molecular formula is C47H76O16. The fourth-order valence-electron chi connectivity index (χ4n) is 14.8. The van der Waals surface area contributed by atoms with Gasteiger partial charge in [0.05, 0.1) is 30.8 Å². The van der Waals surface area contributed by atoms with Crippen molar-refractivity contribution in [3.05, 3.63) is 11.6 Å². The quantitative estimate of drug-likeness (QED) is 0.125. The van der Waals surface area contributed by atoms with Crippen molar-refractivity contribution in [2.75, 3.05) is 13.2 Å². The molecule has 5 aliphatic carbocycles. The van der Waals surface area contributed by atoms with Crippen LogP contribution >= 0.6 is 0 Å². The Balaban J connectivity index is 1.04. The molecule has 0 spiro atoms. The van der Waals surface area contributed by atoms with Crippen LogP contribution in [0.3, 0.4) is 0 Å². The summed E-state index contributed by atoms with van der Waals surface area (Å²) in [7, 11) is 0. The van der Waals surface area contributed by atoms with Gasteiger partial charge in [-0.05, 0) is 116 Å². The monoisotopic (exact) mass is 897 g/mol. The molecule has 4 saturated carbocycles. The van der Waals surface area contributed by atoms with Gasteiger partial charge in [-0.3, -0.25) is 4.79 Å².